The van der Waals surface area contributed by atoms with Crippen LogP contribution >= 0.6 is 0 Å². The van der Waals surface area contributed by atoms with Crippen molar-refractivity contribution in [2.75, 3.05) is 26.2 Å². The molecule has 1 saturated heterocycles. The van der Waals surface area contributed by atoms with Gasteiger partial charge in [0, 0.05) is 45.1 Å². The number of rotatable bonds is 6. The molecule has 1 aromatic rings. The SMILES string of the molecule is CC(c1ccc(C2CCCCC2)cc1)N1CCN(C(=O)CCC(=O)NN)CC1. The van der Waals surface area contributed by atoms with Crippen LogP contribution in [-0.2, 0) is 9.59 Å². The number of hydrogen-bond donors (Lipinski definition) is 2. The first-order valence-electron chi connectivity index (χ1n) is 10.7. The van der Waals surface area contributed by atoms with Gasteiger partial charge < -0.3 is 4.90 Å². The summed E-state index contributed by atoms with van der Waals surface area (Å²) in [6.45, 7) is 5.40. The number of piperazine rings is 1. The highest BCUT2D eigenvalue weighted by Crippen LogP contribution is 2.33. The molecule has 1 heterocycles. The summed E-state index contributed by atoms with van der Waals surface area (Å²) in [7, 11) is 0. The second-order valence-electron chi connectivity index (χ2n) is 8.16. The molecule has 0 radical (unpaired) electrons. The van der Waals surface area contributed by atoms with Gasteiger partial charge in [-0.1, -0.05) is 43.5 Å². The summed E-state index contributed by atoms with van der Waals surface area (Å²) in [5.74, 6) is 5.55. The molecule has 28 heavy (non-hydrogen) atoms. The molecule has 1 saturated carbocycles. The lowest BCUT2D eigenvalue weighted by atomic mass is 9.83. The average Bonchev–Trinajstić information content (AvgIpc) is 2.77. The molecule has 2 aliphatic rings. The molecule has 1 aliphatic heterocycles. The van der Waals surface area contributed by atoms with Gasteiger partial charge in [0.2, 0.25) is 11.8 Å². The van der Waals surface area contributed by atoms with Gasteiger partial charge in [0.05, 0.1) is 0 Å². The van der Waals surface area contributed by atoms with Crippen LogP contribution in [0.1, 0.15) is 75.0 Å². The van der Waals surface area contributed by atoms with E-state index in [9.17, 15) is 9.59 Å². The number of hydrogen-bond acceptors (Lipinski definition) is 4. The highest BCUT2D eigenvalue weighted by molar-refractivity contribution is 5.83. The van der Waals surface area contributed by atoms with Crippen molar-refractivity contribution in [3.8, 4) is 0 Å². The van der Waals surface area contributed by atoms with Crippen molar-refractivity contribution >= 4 is 11.8 Å². The average molecular weight is 387 g/mol. The van der Waals surface area contributed by atoms with Crippen LogP contribution in [0.3, 0.4) is 0 Å². The molecule has 0 spiro atoms. The zero-order chi connectivity index (χ0) is 19.9. The Kier molecular flexibility index (Phi) is 7.45. The van der Waals surface area contributed by atoms with E-state index in [0.29, 0.717) is 19.1 Å². The predicted molar refractivity (Wildman–Crippen MR) is 110 cm³/mol. The van der Waals surface area contributed by atoms with E-state index in [1.807, 2.05) is 4.90 Å². The molecule has 154 valence electrons. The van der Waals surface area contributed by atoms with Gasteiger partial charge >= 0.3 is 0 Å². The van der Waals surface area contributed by atoms with E-state index in [2.05, 4.69) is 41.5 Å². The topological polar surface area (TPSA) is 78.7 Å². The summed E-state index contributed by atoms with van der Waals surface area (Å²) < 4.78 is 0. The van der Waals surface area contributed by atoms with Gasteiger partial charge in [-0.15, -0.1) is 0 Å². The van der Waals surface area contributed by atoms with Crippen LogP contribution in [0.25, 0.3) is 0 Å². The molecule has 2 fully saturated rings. The first kappa shape index (κ1) is 20.8. The molecule has 3 rings (SSSR count). The van der Waals surface area contributed by atoms with Gasteiger partial charge in [0.15, 0.2) is 0 Å². The fourth-order valence-corrected chi connectivity index (χ4v) is 4.50. The predicted octanol–water partition coefficient (Wildman–Crippen LogP) is 2.71. The molecule has 1 aromatic carbocycles. The van der Waals surface area contributed by atoms with Crippen LogP contribution in [0, 0.1) is 0 Å². The molecular formula is C22H34N4O2. The molecule has 0 bridgehead atoms. The smallest absolute Gasteiger partial charge is 0.234 e. The zero-order valence-electron chi connectivity index (χ0n) is 17.0. The zero-order valence-corrected chi connectivity index (χ0v) is 17.0. The molecule has 6 nitrogen and oxygen atoms in total. The van der Waals surface area contributed by atoms with Crippen LogP contribution in [0.4, 0.5) is 0 Å². The Labute approximate surface area is 168 Å². The second kappa shape index (κ2) is 10.0. The lowest BCUT2D eigenvalue weighted by Crippen LogP contribution is -2.49. The van der Waals surface area contributed by atoms with Crippen molar-refractivity contribution < 1.29 is 9.59 Å². The standard InChI is InChI=1S/C22H34N4O2/c1-17(18-7-9-20(10-8-18)19-5-3-2-4-6-19)25-13-15-26(16-14-25)22(28)12-11-21(27)24-23/h7-10,17,19H,2-6,11-16,23H2,1H3,(H,24,27). The number of nitrogens with two attached hydrogens (primary N) is 1. The molecule has 6 heteroatoms. The largest absolute Gasteiger partial charge is 0.340 e. The maximum Gasteiger partial charge on any atom is 0.234 e. The fourth-order valence-electron chi connectivity index (χ4n) is 4.50. The Bertz CT molecular complexity index is 647. The van der Waals surface area contributed by atoms with Crippen LogP contribution in [0.5, 0.6) is 0 Å². The molecule has 1 aliphatic carbocycles. The summed E-state index contributed by atoms with van der Waals surface area (Å²) >= 11 is 0. The first-order chi connectivity index (χ1) is 13.6. The van der Waals surface area contributed by atoms with E-state index < -0.39 is 0 Å². The number of nitrogens with zero attached hydrogens (tertiary/aromatic N) is 2. The van der Waals surface area contributed by atoms with Crippen molar-refractivity contribution in [1.29, 1.82) is 0 Å². The van der Waals surface area contributed by atoms with Crippen molar-refractivity contribution in [2.24, 2.45) is 5.84 Å². The van der Waals surface area contributed by atoms with Crippen LogP contribution in [0.15, 0.2) is 24.3 Å². The van der Waals surface area contributed by atoms with Gasteiger partial charge in [-0.25, -0.2) is 5.84 Å². The molecule has 3 N–H and O–H groups in total. The lowest BCUT2D eigenvalue weighted by molar-refractivity contribution is -0.135. The maximum atomic E-state index is 12.2. The van der Waals surface area contributed by atoms with Gasteiger partial charge in [-0.2, -0.15) is 0 Å². The molecule has 1 unspecified atom stereocenters. The number of carbonyl (C=O) groups excluding carboxylic acids is 2. The van der Waals surface area contributed by atoms with Crippen molar-refractivity contribution in [3.05, 3.63) is 35.4 Å². The minimum Gasteiger partial charge on any atom is -0.340 e. The quantitative estimate of drug-likeness (QED) is 0.448. The monoisotopic (exact) mass is 386 g/mol. The summed E-state index contributed by atoms with van der Waals surface area (Å²) in [5.41, 5.74) is 4.91. The number of benzene rings is 1. The summed E-state index contributed by atoms with van der Waals surface area (Å²) in [6, 6.07) is 9.57. The third kappa shape index (κ3) is 5.32. The van der Waals surface area contributed by atoms with Gasteiger partial charge in [-0.05, 0) is 36.8 Å². The minimum absolute atomic E-state index is 0.0349. The fraction of sp³-hybridized carbons (Fsp3) is 0.636. The van der Waals surface area contributed by atoms with Crippen LogP contribution < -0.4 is 11.3 Å². The van der Waals surface area contributed by atoms with Crippen molar-refractivity contribution in [2.45, 2.75) is 63.8 Å². The normalized spacial score (nSPS) is 20.0. The van der Waals surface area contributed by atoms with E-state index in [0.717, 1.165) is 19.0 Å². The lowest BCUT2D eigenvalue weighted by Gasteiger charge is -2.38. The third-order valence-corrected chi connectivity index (χ3v) is 6.44. The molecule has 0 aromatic heterocycles. The van der Waals surface area contributed by atoms with Gasteiger partial charge in [0.1, 0.15) is 0 Å². The number of carbonyl (C=O) groups is 2. The van der Waals surface area contributed by atoms with Gasteiger partial charge in [-0.3, -0.25) is 19.9 Å². The second-order valence-corrected chi connectivity index (χ2v) is 8.16. The number of amides is 2. The Morgan fingerprint density at radius 3 is 2.29 bits per heavy atom. The van der Waals surface area contributed by atoms with E-state index >= 15 is 0 Å². The molecule has 2 amide bonds. The van der Waals surface area contributed by atoms with Crippen LogP contribution in [0.2, 0.25) is 0 Å². The summed E-state index contributed by atoms with van der Waals surface area (Å²) in [5, 5.41) is 0. The Morgan fingerprint density at radius 2 is 1.68 bits per heavy atom. The van der Waals surface area contributed by atoms with Crippen molar-refractivity contribution in [1.82, 2.24) is 15.2 Å². The highest BCUT2D eigenvalue weighted by atomic mass is 16.2. The summed E-state index contributed by atoms with van der Waals surface area (Å²) in [6.07, 6.45) is 7.15. The van der Waals surface area contributed by atoms with Crippen molar-refractivity contribution in [3.63, 3.8) is 0 Å². The molecular weight excluding hydrogens is 352 g/mol. The summed E-state index contributed by atoms with van der Waals surface area (Å²) in [4.78, 5) is 27.7. The highest BCUT2D eigenvalue weighted by Gasteiger charge is 2.25. The van der Waals surface area contributed by atoms with E-state index in [1.54, 1.807) is 0 Å². The number of nitrogens with one attached hydrogen (secondary N) is 1. The molecule has 1 atom stereocenters. The maximum absolute atomic E-state index is 12.2. The number of hydrazine groups is 1. The Balaban J connectivity index is 1.48. The van der Waals surface area contributed by atoms with Crippen LogP contribution in [-0.4, -0.2) is 47.8 Å². The third-order valence-electron chi connectivity index (χ3n) is 6.44. The Morgan fingerprint density at radius 1 is 1.04 bits per heavy atom. The van der Waals surface area contributed by atoms with E-state index in [1.165, 1.54) is 43.2 Å². The van der Waals surface area contributed by atoms with E-state index in [-0.39, 0.29) is 24.7 Å². The van der Waals surface area contributed by atoms with Gasteiger partial charge in [0.25, 0.3) is 0 Å². The Hall–Kier alpha value is -1.92. The minimum atomic E-state index is -0.294. The van der Waals surface area contributed by atoms with E-state index in [4.69, 9.17) is 5.84 Å². The first-order valence-corrected chi connectivity index (χ1v) is 10.7.